The number of nitrogens with one attached hydrogen (secondary N) is 1. The number of alkyl halides is 5. The second kappa shape index (κ2) is 14.4. The monoisotopic (exact) mass is 672 g/mol. The number of aromatic nitrogens is 1. The van der Waals surface area contributed by atoms with Crippen molar-refractivity contribution in [3.63, 3.8) is 0 Å². The number of aliphatic hydroxyl groups is 1. The molecule has 1 aliphatic rings. The van der Waals surface area contributed by atoms with E-state index in [1.54, 1.807) is 0 Å². The number of benzene rings is 2. The number of aliphatic imine (C=N–C) groups is 1. The Morgan fingerprint density at radius 2 is 1.91 bits per heavy atom. The molecule has 0 unspecified atom stereocenters. The highest BCUT2D eigenvalue weighted by atomic mass is 32.2. The molecule has 9 nitrogen and oxygen atoms in total. The zero-order valence-electron chi connectivity index (χ0n) is 24.8. The van der Waals surface area contributed by atoms with Crippen LogP contribution in [0.25, 0.3) is 11.3 Å². The first-order valence-corrected chi connectivity index (χ1v) is 14.4. The average Bonchev–Trinajstić information content (AvgIpc) is 3.37. The van der Waals surface area contributed by atoms with Crippen LogP contribution in [0.3, 0.4) is 0 Å². The molecule has 1 aliphatic heterocycles. The van der Waals surface area contributed by atoms with Gasteiger partial charge in [0.15, 0.2) is 0 Å². The number of fused-ring (bicyclic) bond motifs is 1. The van der Waals surface area contributed by atoms with Crippen molar-refractivity contribution in [2.75, 3.05) is 26.0 Å². The normalized spacial score (nSPS) is 16.8. The van der Waals surface area contributed by atoms with Crippen LogP contribution < -0.4 is 20.5 Å². The number of rotatable bonds is 10. The van der Waals surface area contributed by atoms with E-state index in [1.165, 1.54) is 43.1 Å². The number of carbonyl (C=O) groups is 2. The Morgan fingerprint density at radius 1 is 1.28 bits per heavy atom. The van der Waals surface area contributed by atoms with Gasteiger partial charge in [-0.15, -0.1) is 11.8 Å². The molecule has 2 atom stereocenters. The summed E-state index contributed by atoms with van der Waals surface area (Å²) in [4.78, 5) is 30.1. The maximum atomic E-state index is 14.6. The minimum absolute atomic E-state index is 0.0653. The van der Waals surface area contributed by atoms with Gasteiger partial charge in [-0.25, -0.2) is 18.2 Å². The third-order valence-corrected chi connectivity index (χ3v) is 7.99. The van der Waals surface area contributed by atoms with Crippen molar-refractivity contribution >= 4 is 36.5 Å². The lowest BCUT2D eigenvalue weighted by molar-refractivity contribution is -0.265. The van der Waals surface area contributed by atoms with E-state index in [0.29, 0.717) is 22.4 Å². The summed E-state index contributed by atoms with van der Waals surface area (Å²) in [7, 11) is 1.32. The standard InChI is InChI=1S/C29H27F6N3O4S.CH3NO/c1-5-43-20-11-16(10-19(41-4)23(20)36-3)25(39)37-13-28(40,29(33,34)35)21-12-18-24(42-14-27(18,2)26(31)32)22(38-21)15-6-8-17(30)9-7-15;2-1-3/h6-12,26,40H,3,5,13-14H2,1-2,4H3,(H,37,39);1H,(H2,2,3)/t27-,28+;/m1./s1. The maximum Gasteiger partial charge on any atom is 0.424 e. The van der Waals surface area contributed by atoms with Gasteiger partial charge in [0.1, 0.15) is 35.3 Å². The van der Waals surface area contributed by atoms with Gasteiger partial charge in [-0.1, -0.05) is 6.92 Å². The highest BCUT2D eigenvalue weighted by Gasteiger charge is 2.58. The van der Waals surface area contributed by atoms with Crippen molar-refractivity contribution in [3.8, 4) is 22.8 Å². The van der Waals surface area contributed by atoms with Crippen LogP contribution >= 0.6 is 11.8 Å². The number of pyridine rings is 1. The number of halogens is 6. The maximum absolute atomic E-state index is 14.6. The molecule has 4 rings (SSSR count). The third-order valence-electron chi connectivity index (χ3n) is 7.08. The average molecular weight is 673 g/mol. The van der Waals surface area contributed by atoms with Crippen molar-refractivity contribution in [1.29, 1.82) is 0 Å². The zero-order chi connectivity index (χ0) is 34.4. The molecule has 0 spiro atoms. The number of primary amides is 1. The Hall–Kier alpha value is -4.31. The van der Waals surface area contributed by atoms with Crippen LogP contribution in [0.5, 0.6) is 11.5 Å². The Balaban J connectivity index is 0.00000185. The van der Waals surface area contributed by atoms with Crippen molar-refractivity contribution in [3.05, 3.63) is 65.1 Å². The topological polar surface area (TPSA) is 136 Å². The fourth-order valence-corrected chi connectivity index (χ4v) is 5.36. The van der Waals surface area contributed by atoms with Gasteiger partial charge in [0.05, 0.1) is 24.8 Å². The summed E-state index contributed by atoms with van der Waals surface area (Å²) in [5, 5.41) is 13.2. The van der Waals surface area contributed by atoms with E-state index in [2.05, 4.69) is 27.7 Å². The van der Waals surface area contributed by atoms with E-state index in [1.807, 2.05) is 6.92 Å². The lowest BCUT2D eigenvalue weighted by Crippen LogP contribution is -2.51. The Bertz CT molecular complexity index is 1590. The number of thioether (sulfide) groups is 1. The molecule has 16 heteroatoms. The number of carbonyl (C=O) groups excluding carboxylic acids is 2. The molecule has 46 heavy (non-hydrogen) atoms. The Kier molecular flexibility index (Phi) is 11.3. The van der Waals surface area contributed by atoms with Crippen LogP contribution in [0.2, 0.25) is 0 Å². The van der Waals surface area contributed by atoms with Gasteiger partial charge in [0, 0.05) is 21.6 Å². The van der Waals surface area contributed by atoms with E-state index in [-0.39, 0.29) is 40.3 Å². The summed E-state index contributed by atoms with van der Waals surface area (Å²) in [6, 6.07) is 7.79. The summed E-state index contributed by atoms with van der Waals surface area (Å²) < 4.78 is 96.5. The first-order valence-electron chi connectivity index (χ1n) is 13.4. The first kappa shape index (κ1) is 36.2. The molecule has 2 aromatic carbocycles. The second-order valence-electron chi connectivity index (χ2n) is 10.0. The summed E-state index contributed by atoms with van der Waals surface area (Å²) >= 11 is 1.30. The number of ether oxygens (including phenoxy) is 2. The van der Waals surface area contributed by atoms with Crippen LogP contribution in [-0.2, 0) is 15.8 Å². The van der Waals surface area contributed by atoms with Gasteiger partial charge in [0.2, 0.25) is 12.0 Å². The second-order valence-corrected chi connectivity index (χ2v) is 11.3. The highest BCUT2D eigenvalue weighted by molar-refractivity contribution is 7.99. The molecular formula is C30H30F6N4O5S. The van der Waals surface area contributed by atoms with Crippen LogP contribution in [0, 0.1) is 5.82 Å². The molecule has 0 aliphatic carbocycles. The lowest BCUT2D eigenvalue weighted by Gasteiger charge is -2.31. The first-order chi connectivity index (χ1) is 21.6. The zero-order valence-corrected chi connectivity index (χ0v) is 25.6. The number of hydrogen-bond donors (Lipinski definition) is 3. The molecule has 0 radical (unpaired) electrons. The van der Waals surface area contributed by atoms with Crippen molar-refractivity contribution in [2.45, 2.75) is 42.4 Å². The molecule has 0 bridgehead atoms. The Labute approximate surface area is 264 Å². The number of methoxy groups -OCH3 is 1. The van der Waals surface area contributed by atoms with Gasteiger partial charge in [-0.3, -0.25) is 14.6 Å². The van der Waals surface area contributed by atoms with E-state index in [0.717, 1.165) is 19.1 Å². The largest absolute Gasteiger partial charge is 0.494 e. The molecule has 4 N–H and O–H groups in total. The number of nitrogens with two attached hydrogens (primary N) is 1. The van der Waals surface area contributed by atoms with Gasteiger partial charge in [-0.05, 0) is 61.9 Å². The molecular weight excluding hydrogens is 642 g/mol. The Morgan fingerprint density at radius 3 is 2.43 bits per heavy atom. The highest BCUT2D eigenvalue weighted by Crippen LogP contribution is 2.49. The van der Waals surface area contributed by atoms with Crippen molar-refractivity contribution in [1.82, 2.24) is 10.3 Å². The number of hydrogen-bond acceptors (Lipinski definition) is 8. The fourth-order valence-electron chi connectivity index (χ4n) is 4.54. The quantitative estimate of drug-likeness (QED) is 0.111. The number of amides is 2. The van der Waals surface area contributed by atoms with E-state index < -0.39 is 54.2 Å². The molecule has 2 amide bonds. The van der Waals surface area contributed by atoms with Crippen LogP contribution in [0.1, 0.15) is 35.5 Å². The smallest absolute Gasteiger partial charge is 0.424 e. The van der Waals surface area contributed by atoms with Gasteiger partial charge >= 0.3 is 6.18 Å². The van der Waals surface area contributed by atoms with Gasteiger partial charge < -0.3 is 25.6 Å². The summed E-state index contributed by atoms with van der Waals surface area (Å²) in [5.41, 5.74) is -3.05. The van der Waals surface area contributed by atoms with Crippen molar-refractivity contribution in [2.24, 2.45) is 10.7 Å². The lowest BCUT2D eigenvalue weighted by atomic mass is 9.82. The van der Waals surface area contributed by atoms with E-state index in [9.17, 15) is 36.2 Å². The van der Waals surface area contributed by atoms with Crippen LogP contribution in [0.4, 0.5) is 32.0 Å². The molecule has 0 saturated carbocycles. The predicted octanol–water partition coefficient (Wildman–Crippen LogP) is 5.54. The van der Waals surface area contributed by atoms with Crippen molar-refractivity contribution < 1.29 is 50.5 Å². The van der Waals surface area contributed by atoms with Crippen LogP contribution in [0.15, 0.2) is 52.4 Å². The molecule has 248 valence electrons. The molecule has 0 saturated heterocycles. The SMILES string of the molecule is C=Nc1c(OC)cc(C(=O)NC[C@](O)(c2cc3c(c(-c4ccc(F)cc4)n2)OC[C@@]3(C)C(F)F)C(F)(F)F)cc1SCC.NC=O. The minimum Gasteiger partial charge on any atom is -0.494 e. The van der Waals surface area contributed by atoms with E-state index in [4.69, 9.17) is 14.3 Å². The fraction of sp³-hybridized carbons (Fsp3) is 0.333. The molecule has 3 aromatic rings. The summed E-state index contributed by atoms with van der Waals surface area (Å²) in [5.74, 6) is -1.13. The molecule has 2 heterocycles. The van der Waals surface area contributed by atoms with Crippen LogP contribution in [-0.4, -0.2) is 67.7 Å². The summed E-state index contributed by atoms with van der Waals surface area (Å²) in [6.45, 7) is 4.44. The number of nitrogens with zero attached hydrogens (tertiary/aromatic N) is 2. The minimum atomic E-state index is -5.43. The van der Waals surface area contributed by atoms with Gasteiger partial charge in [0.25, 0.3) is 12.3 Å². The molecule has 0 fully saturated rings. The summed E-state index contributed by atoms with van der Waals surface area (Å²) in [6.07, 6.45) is -8.23. The molecule has 1 aromatic heterocycles. The predicted molar refractivity (Wildman–Crippen MR) is 160 cm³/mol. The van der Waals surface area contributed by atoms with Gasteiger partial charge in [-0.2, -0.15) is 13.2 Å². The third kappa shape index (κ3) is 7.07. The van der Waals surface area contributed by atoms with E-state index >= 15 is 0 Å².